The maximum Gasteiger partial charge on any atom is 0.267 e. The molecule has 0 saturated heterocycles. The lowest BCUT2D eigenvalue weighted by Gasteiger charge is -2.09. The van der Waals surface area contributed by atoms with Gasteiger partial charge in [-0.25, -0.2) is 4.68 Å². The van der Waals surface area contributed by atoms with E-state index in [1.165, 1.54) is 10.7 Å². The van der Waals surface area contributed by atoms with Crippen molar-refractivity contribution in [3.05, 3.63) is 28.2 Å². The third-order valence-electron chi connectivity index (χ3n) is 2.63. The van der Waals surface area contributed by atoms with Gasteiger partial charge in [0, 0.05) is 18.0 Å². The Hall–Kier alpha value is -1.65. The first-order chi connectivity index (χ1) is 8.06. The van der Waals surface area contributed by atoms with Crippen molar-refractivity contribution < 1.29 is 4.79 Å². The van der Waals surface area contributed by atoms with Crippen molar-refractivity contribution in [3.8, 4) is 0 Å². The second kappa shape index (κ2) is 4.69. The zero-order valence-corrected chi connectivity index (χ0v) is 10.1. The van der Waals surface area contributed by atoms with Crippen LogP contribution >= 0.6 is 0 Å². The third kappa shape index (κ3) is 3.15. The molecule has 1 fully saturated rings. The van der Waals surface area contributed by atoms with Gasteiger partial charge >= 0.3 is 0 Å². The molecule has 5 nitrogen and oxygen atoms in total. The van der Waals surface area contributed by atoms with Crippen LogP contribution in [0.2, 0.25) is 0 Å². The maximum atomic E-state index is 11.6. The summed E-state index contributed by atoms with van der Waals surface area (Å²) in [5.74, 6) is 0.303. The Bertz CT molecular complexity index is 475. The van der Waals surface area contributed by atoms with E-state index in [0.29, 0.717) is 5.92 Å². The van der Waals surface area contributed by atoms with E-state index in [1.54, 1.807) is 6.07 Å². The quantitative estimate of drug-likeness (QED) is 0.833. The van der Waals surface area contributed by atoms with Gasteiger partial charge in [-0.15, -0.1) is 0 Å². The smallest absolute Gasteiger partial charge is 0.267 e. The van der Waals surface area contributed by atoms with E-state index in [-0.39, 0.29) is 24.1 Å². The summed E-state index contributed by atoms with van der Waals surface area (Å²) in [4.78, 5) is 23.1. The van der Waals surface area contributed by atoms with Gasteiger partial charge in [0.1, 0.15) is 6.54 Å². The molecular weight excluding hydrogens is 218 g/mol. The van der Waals surface area contributed by atoms with E-state index in [2.05, 4.69) is 10.4 Å². The van der Waals surface area contributed by atoms with Crippen LogP contribution in [0.5, 0.6) is 0 Å². The molecule has 0 bridgehead atoms. The second-order valence-electron chi connectivity index (χ2n) is 4.75. The molecular formula is C12H17N3O2. The van der Waals surface area contributed by atoms with Crippen molar-refractivity contribution in [3.63, 3.8) is 0 Å². The van der Waals surface area contributed by atoms with Gasteiger partial charge in [-0.2, -0.15) is 5.10 Å². The summed E-state index contributed by atoms with van der Waals surface area (Å²) in [5.41, 5.74) is 0.690. The van der Waals surface area contributed by atoms with Crippen LogP contribution in [0.25, 0.3) is 0 Å². The molecule has 92 valence electrons. The molecule has 1 N–H and O–H groups in total. The fraction of sp³-hybridized carbons (Fsp3) is 0.583. The molecule has 0 spiro atoms. The number of nitrogens with zero attached hydrogens (tertiary/aromatic N) is 2. The molecule has 1 aliphatic carbocycles. The fourth-order valence-corrected chi connectivity index (χ4v) is 1.68. The molecule has 1 heterocycles. The molecule has 1 aromatic heterocycles. The summed E-state index contributed by atoms with van der Waals surface area (Å²) in [6.07, 6.45) is 2.26. The molecule has 2 rings (SSSR count). The maximum absolute atomic E-state index is 11.6. The number of aromatic nitrogens is 2. The van der Waals surface area contributed by atoms with Crippen LogP contribution in [0.3, 0.4) is 0 Å². The zero-order valence-electron chi connectivity index (χ0n) is 10.1. The predicted octanol–water partition coefficient (Wildman–Crippen LogP) is 0.645. The van der Waals surface area contributed by atoms with E-state index in [4.69, 9.17) is 0 Å². The largest absolute Gasteiger partial charge is 0.352 e. The topological polar surface area (TPSA) is 64.0 Å². The minimum atomic E-state index is -0.228. The SMILES string of the molecule is CC(C)NC(=O)Cn1nc(C2CC2)ccc1=O. The number of carbonyl (C=O) groups is 1. The van der Waals surface area contributed by atoms with Gasteiger partial charge in [0.05, 0.1) is 5.69 Å². The van der Waals surface area contributed by atoms with E-state index in [1.807, 2.05) is 13.8 Å². The van der Waals surface area contributed by atoms with Crippen LogP contribution in [0.15, 0.2) is 16.9 Å². The van der Waals surface area contributed by atoms with Crippen LogP contribution in [0.1, 0.15) is 38.3 Å². The fourth-order valence-electron chi connectivity index (χ4n) is 1.68. The highest BCUT2D eigenvalue weighted by molar-refractivity contribution is 5.75. The van der Waals surface area contributed by atoms with Crippen LogP contribution in [0, 0.1) is 0 Å². The molecule has 0 aliphatic heterocycles. The Morgan fingerprint density at radius 1 is 1.53 bits per heavy atom. The summed E-state index contributed by atoms with van der Waals surface area (Å²) < 4.78 is 1.24. The van der Waals surface area contributed by atoms with Crippen molar-refractivity contribution in [2.75, 3.05) is 0 Å². The molecule has 0 radical (unpaired) electrons. The van der Waals surface area contributed by atoms with Gasteiger partial charge in [0.2, 0.25) is 5.91 Å². The molecule has 0 aromatic carbocycles. The van der Waals surface area contributed by atoms with Gasteiger partial charge in [0.15, 0.2) is 0 Å². The predicted molar refractivity (Wildman–Crippen MR) is 63.8 cm³/mol. The van der Waals surface area contributed by atoms with E-state index in [0.717, 1.165) is 18.5 Å². The van der Waals surface area contributed by atoms with Crippen molar-refractivity contribution in [1.29, 1.82) is 0 Å². The number of rotatable bonds is 4. The van der Waals surface area contributed by atoms with E-state index < -0.39 is 0 Å². The molecule has 0 unspecified atom stereocenters. The molecule has 1 amide bonds. The minimum absolute atomic E-state index is 0.00241. The Labute approximate surface area is 99.8 Å². The van der Waals surface area contributed by atoms with Crippen molar-refractivity contribution in [2.24, 2.45) is 0 Å². The standard InChI is InChI=1S/C12H17N3O2/c1-8(2)13-11(16)7-15-12(17)6-5-10(14-15)9-3-4-9/h5-6,8-9H,3-4,7H2,1-2H3,(H,13,16). The molecule has 17 heavy (non-hydrogen) atoms. The molecule has 5 heteroatoms. The van der Waals surface area contributed by atoms with Gasteiger partial charge in [-0.3, -0.25) is 9.59 Å². The lowest BCUT2D eigenvalue weighted by atomic mass is 10.3. The first-order valence-corrected chi connectivity index (χ1v) is 5.93. The van der Waals surface area contributed by atoms with Crippen LogP contribution < -0.4 is 10.9 Å². The zero-order chi connectivity index (χ0) is 12.4. The summed E-state index contributed by atoms with van der Waals surface area (Å²) in [5, 5.41) is 6.97. The average Bonchev–Trinajstić information content (AvgIpc) is 3.03. The number of nitrogens with one attached hydrogen (secondary N) is 1. The first-order valence-electron chi connectivity index (χ1n) is 5.93. The lowest BCUT2D eigenvalue weighted by molar-refractivity contribution is -0.122. The molecule has 0 atom stereocenters. The number of carbonyl (C=O) groups excluding carboxylic acids is 1. The van der Waals surface area contributed by atoms with Gasteiger partial charge in [-0.1, -0.05) is 0 Å². The van der Waals surface area contributed by atoms with Crippen molar-refractivity contribution in [2.45, 2.75) is 45.2 Å². The van der Waals surface area contributed by atoms with Crippen LogP contribution in [-0.2, 0) is 11.3 Å². The molecule has 1 aromatic rings. The van der Waals surface area contributed by atoms with E-state index in [9.17, 15) is 9.59 Å². The number of hydrogen-bond donors (Lipinski definition) is 1. The molecule has 1 saturated carbocycles. The second-order valence-corrected chi connectivity index (χ2v) is 4.75. The van der Waals surface area contributed by atoms with Gasteiger partial charge < -0.3 is 5.32 Å². The first kappa shape index (κ1) is 11.8. The Morgan fingerprint density at radius 3 is 2.82 bits per heavy atom. The Morgan fingerprint density at radius 2 is 2.24 bits per heavy atom. The monoisotopic (exact) mass is 235 g/mol. The molecule has 1 aliphatic rings. The van der Waals surface area contributed by atoms with Gasteiger partial charge in [0.25, 0.3) is 5.56 Å². The van der Waals surface area contributed by atoms with Crippen molar-refractivity contribution >= 4 is 5.91 Å². The summed E-state index contributed by atoms with van der Waals surface area (Å²) in [6.45, 7) is 3.76. The lowest BCUT2D eigenvalue weighted by Crippen LogP contribution is -2.37. The van der Waals surface area contributed by atoms with Crippen LogP contribution in [0.4, 0.5) is 0 Å². The van der Waals surface area contributed by atoms with Crippen LogP contribution in [-0.4, -0.2) is 21.7 Å². The average molecular weight is 235 g/mol. The Kier molecular flexibility index (Phi) is 3.26. The van der Waals surface area contributed by atoms with Crippen molar-refractivity contribution in [1.82, 2.24) is 15.1 Å². The van der Waals surface area contributed by atoms with Gasteiger partial charge in [-0.05, 0) is 32.8 Å². The third-order valence-corrected chi connectivity index (χ3v) is 2.63. The Balaban J connectivity index is 2.11. The normalized spacial score (nSPS) is 15.0. The van der Waals surface area contributed by atoms with E-state index >= 15 is 0 Å². The highest BCUT2D eigenvalue weighted by Gasteiger charge is 2.25. The highest BCUT2D eigenvalue weighted by Crippen LogP contribution is 2.38. The summed E-state index contributed by atoms with van der Waals surface area (Å²) in [6, 6.07) is 3.32. The summed E-state index contributed by atoms with van der Waals surface area (Å²) >= 11 is 0. The summed E-state index contributed by atoms with van der Waals surface area (Å²) in [7, 11) is 0. The highest BCUT2D eigenvalue weighted by atomic mass is 16.2. The number of hydrogen-bond acceptors (Lipinski definition) is 3. The number of amides is 1. The minimum Gasteiger partial charge on any atom is -0.352 e.